The van der Waals surface area contributed by atoms with E-state index in [-0.39, 0.29) is 12.0 Å². The Hall–Kier alpha value is -2.83. The third-order valence-electron chi connectivity index (χ3n) is 6.90. The molecule has 2 aliphatic rings. The van der Waals surface area contributed by atoms with Gasteiger partial charge in [0.05, 0.1) is 24.8 Å². The first-order valence-electron chi connectivity index (χ1n) is 12.1. The molecule has 1 amide bonds. The molecule has 1 aliphatic carbocycles. The summed E-state index contributed by atoms with van der Waals surface area (Å²) in [7, 11) is 0. The van der Waals surface area contributed by atoms with Gasteiger partial charge < -0.3 is 9.64 Å². The number of carbonyl (C=O) groups excluding carboxylic acids is 1. The Morgan fingerprint density at radius 2 is 1.85 bits per heavy atom. The SMILES string of the molecule is O=C1CN(Cc2ccnc3ccccc23)CC(OCc2cccnc2)CN1C1CCCCC1. The van der Waals surface area contributed by atoms with E-state index < -0.39 is 0 Å². The first-order chi connectivity index (χ1) is 16.3. The van der Waals surface area contributed by atoms with Crippen LogP contribution in [0.1, 0.15) is 43.2 Å². The minimum atomic E-state index is -0.0355. The highest BCUT2D eigenvalue weighted by molar-refractivity contribution is 5.82. The van der Waals surface area contributed by atoms with Crippen LogP contribution in [0.5, 0.6) is 0 Å². The van der Waals surface area contributed by atoms with Crippen LogP contribution in [-0.4, -0.2) is 57.5 Å². The van der Waals surface area contributed by atoms with Gasteiger partial charge in [0.15, 0.2) is 0 Å². The zero-order valence-electron chi connectivity index (χ0n) is 19.1. The molecule has 5 rings (SSSR count). The molecule has 1 aliphatic heterocycles. The lowest BCUT2D eigenvalue weighted by Crippen LogP contribution is -2.45. The van der Waals surface area contributed by atoms with Gasteiger partial charge in [-0.15, -0.1) is 0 Å². The standard InChI is InChI=1S/C27H32N4O2/c32-27-19-30(16-22-12-14-29-26-11-5-4-10-25(22)26)17-24(33-20-21-7-6-13-28-15-21)18-31(27)23-8-2-1-3-9-23/h4-7,10-15,23-24H,1-3,8-9,16-20H2. The average Bonchev–Trinajstić information content (AvgIpc) is 3.02. The predicted octanol–water partition coefficient (Wildman–Crippen LogP) is 4.19. The van der Waals surface area contributed by atoms with Gasteiger partial charge in [-0.2, -0.15) is 0 Å². The zero-order chi connectivity index (χ0) is 22.5. The molecular formula is C27H32N4O2. The van der Waals surface area contributed by atoms with Gasteiger partial charge in [0.2, 0.25) is 5.91 Å². The third-order valence-corrected chi connectivity index (χ3v) is 6.90. The number of hydrogen-bond donors (Lipinski definition) is 0. The van der Waals surface area contributed by atoms with Crippen LogP contribution in [0.3, 0.4) is 0 Å². The number of amides is 1. The highest BCUT2D eigenvalue weighted by Crippen LogP contribution is 2.26. The van der Waals surface area contributed by atoms with Crippen molar-refractivity contribution in [3.8, 4) is 0 Å². The number of aromatic nitrogens is 2. The van der Waals surface area contributed by atoms with Crippen molar-refractivity contribution in [1.29, 1.82) is 0 Å². The zero-order valence-corrected chi connectivity index (χ0v) is 19.1. The van der Waals surface area contributed by atoms with E-state index in [4.69, 9.17) is 4.74 Å². The molecule has 3 aromatic rings. The van der Waals surface area contributed by atoms with Crippen molar-refractivity contribution in [3.63, 3.8) is 0 Å². The summed E-state index contributed by atoms with van der Waals surface area (Å²) in [5.41, 5.74) is 3.25. The van der Waals surface area contributed by atoms with E-state index in [1.807, 2.05) is 42.7 Å². The smallest absolute Gasteiger partial charge is 0.237 e. The number of fused-ring (bicyclic) bond motifs is 1. The van der Waals surface area contributed by atoms with Gasteiger partial charge in [0.25, 0.3) is 0 Å². The average molecular weight is 445 g/mol. The second kappa shape index (κ2) is 10.4. The molecule has 0 spiro atoms. The molecule has 1 atom stereocenters. The fraction of sp³-hybridized carbons (Fsp3) is 0.444. The van der Waals surface area contributed by atoms with Gasteiger partial charge in [0.1, 0.15) is 0 Å². The Morgan fingerprint density at radius 1 is 0.970 bits per heavy atom. The topological polar surface area (TPSA) is 58.6 Å². The molecule has 1 saturated carbocycles. The number of rotatable bonds is 6. The predicted molar refractivity (Wildman–Crippen MR) is 128 cm³/mol. The van der Waals surface area contributed by atoms with Crippen LogP contribution >= 0.6 is 0 Å². The van der Waals surface area contributed by atoms with E-state index in [1.165, 1.54) is 24.8 Å². The fourth-order valence-electron chi connectivity index (χ4n) is 5.22. The summed E-state index contributed by atoms with van der Waals surface area (Å²) in [6.07, 6.45) is 11.4. The monoisotopic (exact) mass is 444 g/mol. The molecule has 0 N–H and O–H groups in total. The summed E-state index contributed by atoms with van der Waals surface area (Å²) in [5.74, 6) is 0.229. The van der Waals surface area contributed by atoms with Crippen LogP contribution in [0.4, 0.5) is 0 Å². The number of pyridine rings is 2. The minimum Gasteiger partial charge on any atom is -0.370 e. The van der Waals surface area contributed by atoms with E-state index in [0.717, 1.165) is 35.9 Å². The maximum Gasteiger partial charge on any atom is 0.237 e. The number of carbonyl (C=O) groups is 1. The summed E-state index contributed by atoms with van der Waals surface area (Å²) in [6.45, 7) is 3.04. The molecule has 1 aromatic carbocycles. The van der Waals surface area contributed by atoms with Crippen LogP contribution in [0.15, 0.2) is 61.1 Å². The summed E-state index contributed by atoms with van der Waals surface area (Å²) < 4.78 is 6.39. The molecule has 2 fully saturated rings. The Labute approximate surface area is 195 Å². The number of ether oxygens (including phenoxy) is 1. The van der Waals surface area contributed by atoms with E-state index >= 15 is 0 Å². The van der Waals surface area contributed by atoms with Gasteiger partial charge in [-0.1, -0.05) is 43.5 Å². The molecule has 2 aromatic heterocycles. The Bertz CT molecular complexity index is 1060. The van der Waals surface area contributed by atoms with Crippen molar-refractivity contribution in [3.05, 3.63) is 72.2 Å². The van der Waals surface area contributed by atoms with Gasteiger partial charge in [-0.25, -0.2) is 0 Å². The van der Waals surface area contributed by atoms with E-state index in [2.05, 4.69) is 31.9 Å². The van der Waals surface area contributed by atoms with E-state index in [9.17, 15) is 4.79 Å². The number of benzene rings is 1. The minimum absolute atomic E-state index is 0.0355. The largest absolute Gasteiger partial charge is 0.370 e. The van der Waals surface area contributed by atoms with Crippen LogP contribution in [0.2, 0.25) is 0 Å². The molecule has 1 saturated heterocycles. The summed E-state index contributed by atoms with van der Waals surface area (Å²) in [6, 6.07) is 14.6. The fourth-order valence-corrected chi connectivity index (χ4v) is 5.22. The van der Waals surface area contributed by atoms with Gasteiger partial charge >= 0.3 is 0 Å². The first-order valence-corrected chi connectivity index (χ1v) is 12.1. The molecule has 6 nitrogen and oxygen atoms in total. The second-order valence-corrected chi connectivity index (χ2v) is 9.29. The van der Waals surface area contributed by atoms with Crippen molar-refractivity contribution in [2.75, 3.05) is 19.6 Å². The molecule has 0 radical (unpaired) electrons. The Kier molecular flexibility index (Phi) is 6.93. The molecule has 172 valence electrons. The van der Waals surface area contributed by atoms with Crippen molar-refractivity contribution >= 4 is 16.8 Å². The van der Waals surface area contributed by atoms with Crippen molar-refractivity contribution in [1.82, 2.24) is 19.8 Å². The van der Waals surface area contributed by atoms with Gasteiger partial charge in [-0.05, 0) is 42.2 Å². The molecular weight excluding hydrogens is 412 g/mol. The quantitative estimate of drug-likeness (QED) is 0.571. The van der Waals surface area contributed by atoms with Gasteiger partial charge in [0, 0.05) is 49.7 Å². The third kappa shape index (κ3) is 5.40. The van der Waals surface area contributed by atoms with E-state index in [0.29, 0.717) is 32.3 Å². The molecule has 0 bridgehead atoms. The lowest BCUT2D eigenvalue weighted by atomic mass is 9.94. The highest BCUT2D eigenvalue weighted by Gasteiger charge is 2.33. The number of hydrogen-bond acceptors (Lipinski definition) is 5. The number of nitrogens with zero attached hydrogens (tertiary/aromatic N) is 4. The van der Waals surface area contributed by atoms with Crippen molar-refractivity contribution in [2.45, 2.75) is 57.4 Å². The maximum absolute atomic E-state index is 13.4. The lowest BCUT2D eigenvalue weighted by molar-refractivity contribution is -0.135. The molecule has 3 heterocycles. The van der Waals surface area contributed by atoms with Crippen molar-refractivity contribution in [2.24, 2.45) is 0 Å². The highest BCUT2D eigenvalue weighted by atomic mass is 16.5. The van der Waals surface area contributed by atoms with Crippen molar-refractivity contribution < 1.29 is 9.53 Å². The normalized spacial score (nSPS) is 20.8. The first kappa shape index (κ1) is 22.0. The Balaban J connectivity index is 1.36. The van der Waals surface area contributed by atoms with Crippen LogP contribution < -0.4 is 0 Å². The molecule has 33 heavy (non-hydrogen) atoms. The molecule has 6 heteroatoms. The van der Waals surface area contributed by atoms with Crippen LogP contribution in [0, 0.1) is 0 Å². The number of para-hydroxylation sites is 1. The van der Waals surface area contributed by atoms with Gasteiger partial charge in [-0.3, -0.25) is 19.7 Å². The van der Waals surface area contributed by atoms with Crippen LogP contribution in [0.25, 0.3) is 10.9 Å². The summed E-state index contributed by atoms with van der Waals surface area (Å²) >= 11 is 0. The van der Waals surface area contributed by atoms with Crippen LogP contribution in [-0.2, 0) is 22.7 Å². The second-order valence-electron chi connectivity index (χ2n) is 9.29. The maximum atomic E-state index is 13.4. The lowest BCUT2D eigenvalue weighted by Gasteiger charge is -2.35. The van der Waals surface area contributed by atoms with E-state index in [1.54, 1.807) is 6.20 Å². The summed E-state index contributed by atoms with van der Waals surface area (Å²) in [5, 5.41) is 1.15. The summed E-state index contributed by atoms with van der Waals surface area (Å²) in [4.78, 5) is 26.5. The Morgan fingerprint density at radius 3 is 2.70 bits per heavy atom. The molecule has 1 unspecified atom stereocenters.